The molecule has 0 unspecified atom stereocenters. The Kier molecular flexibility index (Phi) is 4.30. The summed E-state index contributed by atoms with van der Waals surface area (Å²) >= 11 is 6.50. The molecular formula is C14H20ClNO. The largest absolute Gasteiger partial charge is 0.378 e. The molecule has 2 rings (SSSR count). The van der Waals surface area contributed by atoms with Gasteiger partial charge >= 0.3 is 0 Å². The van der Waals surface area contributed by atoms with Crippen LogP contribution in [0.5, 0.6) is 0 Å². The zero-order valence-corrected chi connectivity index (χ0v) is 11.3. The number of benzene rings is 1. The molecule has 0 saturated carbocycles. The molecule has 0 bridgehead atoms. The van der Waals surface area contributed by atoms with Gasteiger partial charge in [0.15, 0.2) is 0 Å². The Bertz CT molecular complexity index is 372. The molecule has 17 heavy (non-hydrogen) atoms. The van der Waals surface area contributed by atoms with Gasteiger partial charge < -0.3 is 9.64 Å². The molecule has 1 aromatic carbocycles. The van der Waals surface area contributed by atoms with Gasteiger partial charge in [0, 0.05) is 13.1 Å². The summed E-state index contributed by atoms with van der Waals surface area (Å²) in [6.45, 7) is 7.90. The van der Waals surface area contributed by atoms with Gasteiger partial charge in [-0.1, -0.05) is 37.6 Å². The fraction of sp³-hybridized carbons (Fsp3) is 0.571. The summed E-state index contributed by atoms with van der Waals surface area (Å²) in [6.07, 6.45) is 1.04. The van der Waals surface area contributed by atoms with Gasteiger partial charge in [0.1, 0.15) is 0 Å². The third kappa shape index (κ3) is 3.14. The Morgan fingerprint density at radius 2 is 2.00 bits per heavy atom. The molecule has 1 aliphatic rings. The number of hydrogen-bond acceptors (Lipinski definition) is 2. The number of rotatable bonds is 3. The van der Waals surface area contributed by atoms with Crippen molar-refractivity contribution in [3.8, 4) is 0 Å². The van der Waals surface area contributed by atoms with Gasteiger partial charge in [0.2, 0.25) is 0 Å². The number of nitrogens with zero attached hydrogens (tertiary/aromatic N) is 1. The Hall–Kier alpha value is -0.730. The molecule has 0 aromatic heterocycles. The second-order valence-corrected chi connectivity index (χ2v) is 5.33. The molecule has 1 saturated heterocycles. The molecule has 3 heteroatoms. The number of halogens is 1. The maximum atomic E-state index is 6.50. The van der Waals surface area contributed by atoms with E-state index in [1.807, 2.05) is 0 Å². The number of hydrogen-bond donors (Lipinski definition) is 0. The fourth-order valence-electron chi connectivity index (χ4n) is 2.21. The lowest BCUT2D eigenvalue weighted by Gasteiger charge is -2.30. The predicted molar refractivity (Wildman–Crippen MR) is 73.0 cm³/mol. The summed E-state index contributed by atoms with van der Waals surface area (Å²) in [6, 6.07) is 6.35. The molecule has 0 aliphatic carbocycles. The number of morpholine rings is 1. The quantitative estimate of drug-likeness (QED) is 0.819. The maximum absolute atomic E-state index is 6.50. The first-order valence-electron chi connectivity index (χ1n) is 6.28. The van der Waals surface area contributed by atoms with Crippen molar-refractivity contribution in [1.82, 2.24) is 0 Å². The van der Waals surface area contributed by atoms with E-state index in [1.165, 1.54) is 5.56 Å². The standard InChI is InChI=1S/C14H20ClNO/c1-11(2)10-12-4-3-5-13(14(12)15)16-6-8-17-9-7-16/h3-5,11H,6-10H2,1-2H3. The molecule has 0 N–H and O–H groups in total. The van der Waals surface area contributed by atoms with Crippen LogP contribution in [-0.4, -0.2) is 26.3 Å². The first-order valence-corrected chi connectivity index (χ1v) is 6.66. The van der Waals surface area contributed by atoms with E-state index in [1.54, 1.807) is 0 Å². The lowest BCUT2D eigenvalue weighted by atomic mass is 10.0. The van der Waals surface area contributed by atoms with Crippen LogP contribution in [0.2, 0.25) is 5.02 Å². The third-order valence-corrected chi connectivity index (χ3v) is 3.47. The molecule has 1 heterocycles. The average molecular weight is 254 g/mol. The summed E-state index contributed by atoms with van der Waals surface area (Å²) in [5.41, 5.74) is 2.42. The van der Waals surface area contributed by atoms with E-state index in [0.717, 1.165) is 43.4 Å². The minimum atomic E-state index is 0.632. The molecule has 0 atom stereocenters. The second-order valence-electron chi connectivity index (χ2n) is 4.95. The topological polar surface area (TPSA) is 12.5 Å². The zero-order valence-electron chi connectivity index (χ0n) is 10.6. The second kappa shape index (κ2) is 5.74. The first-order chi connectivity index (χ1) is 8.18. The van der Waals surface area contributed by atoms with Gasteiger partial charge in [-0.3, -0.25) is 0 Å². The first kappa shape index (κ1) is 12.7. The van der Waals surface area contributed by atoms with E-state index < -0.39 is 0 Å². The van der Waals surface area contributed by atoms with Crippen LogP contribution in [0.4, 0.5) is 5.69 Å². The molecule has 0 amide bonds. The van der Waals surface area contributed by atoms with Crippen molar-refractivity contribution in [3.05, 3.63) is 28.8 Å². The van der Waals surface area contributed by atoms with Crippen molar-refractivity contribution in [2.24, 2.45) is 5.92 Å². The Balaban J connectivity index is 2.21. The summed E-state index contributed by atoms with van der Waals surface area (Å²) in [4.78, 5) is 2.32. The highest BCUT2D eigenvalue weighted by atomic mass is 35.5. The van der Waals surface area contributed by atoms with Crippen LogP contribution in [0.1, 0.15) is 19.4 Å². The Morgan fingerprint density at radius 3 is 2.65 bits per heavy atom. The molecule has 1 fully saturated rings. The van der Waals surface area contributed by atoms with E-state index in [-0.39, 0.29) is 0 Å². The van der Waals surface area contributed by atoms with Crippen molar-refractivity contribution in [2.45, 2.75) is 20.3 Å². The van der Waals surface area contributed by atoms with Crippen molar-refractivity contribution in [3.63, 3.8) is 0 Å². The van der Waals surface area contributed by atoms with Crippen LogP contribution >= 0.6 is 11.6 Å². The van der Waals surface area contributed by atoms with E-state index >= 15 is 0 Å². The Morgan fingerprint density at radius 1 is 1.29 bits per heavy atom. The fourth-order valence-corrected chi connectivity index (χ4v) is 2.53. The maximum Gasteiger partial charge on any atom is 0.0671 e. The van der Waals surface area contributed by atoms with Crippen LogP contribution in [0.15, 0.2) is 18.2 Å². The van der Waals surface area contributed by atoms with Crippen LogP contribution in [0, 0.1) is 5.92 Å². The predicted octanol–water partition coefficient (Wildman–Crippen LogP) is 3.38. The lowest BCUT2D eigenvalue weighted by Crippen LogP contribution is -2.36. The molecule has 0 spiro atoms. The average Bonchev–Trinajstić information content (AvgIpc) is 2.32. The van der Waals surface area contributed by atoms with E-state index in [9.17, 15) is 0 Å². The number of anilines is 1. The van der Waals surface area contributed by atoms with Gasteiger partial charge in [0.05, 0.1) is 23.9 Å². The molecule has 0 radical (unpaired) electrons. The van der Waals surface area contributed by atoms with Crippen molar-refractivity contribution >= 4 is 17.3 Å². The van der Waals surface area contributed by atoms with Crippen molar-refractivity contribution in [2.75, 3.05) is 31.2 Å². The number of ether oxygens (including phenoxy) is 1. The van der Waals surface area contributed by atoms with E-state index in [2.05, 4.69) is 36.9 Å². The minimum absolute atomic E-state index is 0.632. The monoisotopic (exact) mass is 253 g/mol. The summed E-state index contributed by atoms with van der Waals surface area (Å²) in [7, 11) is 0. The molecular weight excluding hydrogens is 234 g/mol. The van der Waals surface area contributed by atoms with Gasteiger partial charge in [-0.25, -0.2) is 0 Å². The van der Waals surface area contributed by atoms with Crippen LogP contribution in [0.25, 0.3) is 0 Å². The van der Waals surface area contributed by atoms with Gasteiger partial charge in [-0.2, -0.15) is 0 Å². The highest BCUT2D eigenvalue weighted by molar-refractivity contribution is 6.34. The van der Waals surface area contributed by atoms with Gasteiger partial charge in [-0.15, -0.1) is 0 Å². The lowest BCUT2D eigenvalue weighted by molar-refractivity contribution is 0.122. The summed E-state index contributed by atoms with van der Waals surface area (Å²) < 4.78 is 5.37. The molecule has 2 nitrogen and oxygen atoms in total. The highest BCUT2D eigenvalue weighted by Crippen LogP contribution is 2.31. The van der Waals surface area contributed by atoms with E-state index in [4.69, 9.17) is 16.3 Å². The van der Waals surface area contributed by atoms with Crippen LogP contribution in [-0.2, 0) is 11.2 Å². The minimum Gasteiger partial charge on any atom is -0.378 e. The molecule has 94 valence electrons. The molecule has 1 aliphatic heterocycles. The summed E-state index contributed by atoms with van der Waals surface area (Å²) in [5, 5.41) is 0.920. The molecule has 1 aromatic rings. The van der Waals surface area contributed by atoms with Crippen LogP contribution < -0.4 is 4.90 Å². The van der Waals surface area contributed by atoms with Crippen molar-refractivity contribution in [1.29, 1.82) is 0 Å². The zero-order chi connectivity index (χ0) is 12.3. The smallest absolute Gasteiger partial charge is 0.0671 e. The van der Waals surface area contributed by atoms with Gasteiger partial charge in [0.25, 0.3) is 0 Å². The third-order valence-electron chi connectivity index (χ3n) is 3.04. The SMILES string of the molecule is CC(C)Cc1cccc(N2CCOCC2)c1Cl. The Labute approximate surface area is 109 Å². The highest BCUT2D eigenvalue weighted by Gasteiger charge is 2.16. The summed E-state index contributed by atoms with van der Waals surface area (Å²) in [5.74, 6) is 0.632. The van der Waals surface area contributed by atoms with Gasteiger partial charge in [-0.05, 0) is 24.0 Å². The van der Waals surface area contributed by atoms with E-state index in [0.29, 0.717) is 5.92 Å². The van der Waals surface area contributed by atoms with Crippen LogP contribution in [0.3, 0.4) is 0 Å². The van der Waals surface area contributed by atoms with Crippen molar-refractivity contribution < 1.29 is 4.74 Å². The normalized spacial score (nSPS) is 16.6.